The maximum absolute atomic E-state index is 2.38. The molecule has 0 spiro atoms. The van der Waals surface area contributed by atoms with Crippen LogP contribution in [0.1, 0.15) is 5.56 Å². The fourth-order valence-corrected chi connectivity index (χ4v) is 4.23. The predicted octanol–water partition coefficient (Wildman–Crippen LogP) is 6.24. The van der Waals surface area contributed by atoms with Gasteiger partial charge in [0.15, 0.2) is 0 Å². The molecule has 0 radical (unpaired) electrons. The Morgan fingerprint density at radius 3 is 1.77 bits per heavy atom. The minimum Gasteiger partial charge on any atom is -0.307 e. The van der Waals surface area contributed by atoms with E-state index < -0.39 is 0 Å². The van der Waals surface area contributed by atoms with Crippen LogP contribution >= 0.6 is 22.7 Å². The molecule has 0 amide bonds. The number of hydrogen-bond donors (Lipinski definition) is 0. The van der Waals surface area contributed by atoms with Crippen molar-refractivity contribution in [1.29, 1.82) is 0 Å². The highest BCUT2D eigenvalue weighted by molar-refractivity contribution is 7.14. The summed E-state index contributed by atoms with van der Waals surface area (Å²) in [5, 5.41) is 4.27. The number of para-hydroxylation sites is 1. The van der Waals surface area contributed by atoms with Crippen LogP contribution in [-0.2, 0) is 0 Å². The maximum atomic E-state index is 2.38. The molecule has 3 aromatic heterocycles. The summed E-state index contributed by atoms with van der Waals surface area (Å²) in [6.45, 7) is 2.17. The van der Waals surface area contributed by atoms with Gasteiger partial charge in [-0.25, -0.2) is 0 Å². The number of aromatic nitrogens is 1. The fraction of sp³-hybridized carbons (Fsp3) is 0.0526. The third-order valence-electron chi connectivity index (χ3n) is 3.78. The number of thiophene rings is 2. The molecule has 0 aliphatic carbocycles. The first-order chi connectivity index (χ1) is 10.8. The molecule has 3 heteroatoms. The van der Waals surface area contributed by atoms with Gasteiger partial charge < -0.3 is 4.57 Å². The number of rotatable bonds is 3. The summed E-state index contributed by atoms with van der Waals surface area (Å²) in [5.74, 6) is 0. The first-order valence-electron chi connectivity index (χ1n) is 7.20. The molecule has 0 N–H and O–H groups in total. The lowest BCUT2D eigenvalue weighted by Crippen LogP contribution is -2.00. The highest BCUT2D eigenvalue weighted by atomic mass is 32.1. The normalized spacial score (nSPS) is 11.0. The van der Waals surface area contributed by atoms with Crippen molar-refractivity contribution in [3.8, 4) is 26.8 Å². The van der Waals surface area contributed by atoms with E-state index in [4.69, 9.17) is 0 Å². The zero-order valence-electron chi connectivity index (χ0n) is 12.2. The van der Waals surface area contributed by atoms with Gasteiger partial charge in [-0.15, -0.1) is 22.7 Å². The number of hydrogen-bond acceptors (Lipinski definition) is 2. The van der Waals surface area contributed by atoms with Gasteiger partial charge in [0.05, 0.1) is 21.1 Å². The topological polar surface area (TPSA) is 4.93 Å². The van der Waals surface area contributed by atoms with Gasteiger partial charge >= 0.3 is 0 Å². The van der Waals surface area contributed by atoms with Crippen molar-refractivity contribution in [2.75, 3.05) is 0 Å². The Bertz CT molecular complexity index is 832. The largest absolute Gasteiger partial charge is 0.307 e. The molecule has 4 aromatic rings. The van der Waals surface area contributed by atoms with E-state index in [9.17, 15) is 0 Å². The summed E-state index contributed by atoms with van der Waals surface area (Å²) in [5.41, 5.74) is 5.05. The molecule has 0 saturated carbocycles. The Morgan fingerprint density at radius 2 is 1.27 bits per heavy atom. The third kappa shape index (κ3) is 2.23. The molecule has 0 aliphatic heterocycles. The zero-order chi connectivity index (χ0) is 14.9. The van der Waals surface area contributed by atoms with Crippen molar-refractivity contribution in [2.45, 2.75) is 6.92 Å². The van der Waals surface area contributed by atoms with E-state index in [0.717, 1.165) is 0 Å². The average Bonchev–Trinajstić information content (AvgIpc) is 3.27. The highest BCUT2D eigenvalue weighted by Crippen LogP contribution is 2.36. The Balaban J connectivity index is 2.01. The Hall–Kier alpha value is -2.10. The molecular formula is C19H15NS2. The smallest absolute Gasteiger partial charge is 0.0635 e. The molecule has 22 heavy (non-hydrogen) atoms. The summed E-state index contributed by atoms with van der Waals surface area (Å²) in [7, 11) is 0. The van der Waals surface area contributed by atoms with Gasteiger partial charge in [0, 0.05) is 5.69 Å². The van der Waals surface area contributed by atoms with Crippen LogP contribution < -0.4 is 0 Å². The second kappa shape index (κ2) is 5.59. The van der Waals surface area contributed by atoms with Gasteiger partial charge in [-0.2, -0.15) is 0 Å². The summed E-state index contributed by atoms with van der Waals surface area (Å²) in [6, 6.07) is 21.6. The lowest BCUT2D eigenvalue weighted by Gasteiger charge is -2.14. The molecule has 1 aromatic carbocycles. The zero-order valence-corrected chi connectivity index (χ0v) is 13.8. The summed E-state index contributed by atoms with van der Waals surface area (Å²) in [4.78, 5) is 2.59. The molecule has 0 saturated heterocycles. The Labute approximate surface area is 138 Å². The van der Waals surface area contributed by atoms with Crippen LogP contribution in [0.25, 0.3) is 26.8 Å². The molecule has 0 aliphatic rings. The van der Waals surface area contributed by atoms with Crippen LogP contribution in [0.5, 0.6) is 0 Å². The maximum Gasteiger partial charge on any atom is 0.0635 e. The molecule has 0 unspecified atom stereocenters. The van der Waals surface area contributed by atoms with Gasteiger partial charge in [-0.3, -0.25) is 0 Å². The van der Waals surface area contributed by atoms with Crippen LogP contribution in [0.2, 0.25) is 0 Å². The van der Waals surface area contributed by atoms with E-state index in [1.165, 1.54) is 32.4 Å². The fourth-order valence-electron chi connectivity index (χ4n) is 2.74. The number of aryl methyl sites for hydroxylation is 1. The van der Waals surface area contributed by atoms with Gasteiger partial charge in [0.2, 0.25) is 0 Å². The molecule has 1 nitrogen and oxygen atoms in total. The summed E-state index contributed by atoms with van der Waals surface area (Å²) in [6.07, 6.45) is 0. The van der Waals surface area contributed by atoms with Crippen LogP contribution in [0.4, 0.5) is 0 Å². The van der Waals surface area contributed by atoms with E-state index in [2.05, 4.69) is 82.9 Å². The van der Waals surface area contributed by atoms with Crippen molar-refractivity contribution < 1.29 is 0 Å². The van der Waals surface area contributed by atoms with Gasteiger partial charge in [-0.05, 0) is 53.6 Å². The van der Waals surface area contributed by atoms with Crippen molar-refractivity contribution in [3.63, 3.8) is 0 Å². The van der Waals surface area contributed by atoms with Crippen LogP contribution in [0.3, 0.4) is 0 Å². The highest BCUT2D eigenvalue weighted by Gasteiger charge is 2.15. The predicted molar refractivity (Wildman–Crippen MR) is 97.1 cm³/mol. The molecule has 0 atom stereocenters. The van der Waals surface area contributed by atoms with Gasteiger partial charge in [-0.1, -0.05) is 30.3 Å². The van der Waals surface area contributed by atoms with E-state index in [-0.39, 0.29) is 0 Å². The average molecular weight is 321 g/mol. The lowest BCUT2D eigenvalue weighted by molar-refractivity contribution is 1.08. The molecule has 0 fully saturated rings. The van der Waals surface area contributed by atoms with Crippen molar-refractivity contribution in [3.05, 3.63) is 77.0 Å². The SMILES string of the molecule is Cc1ccccc1-n1c(-c2cccs2)ccc1-c1cccs1. The van der Waals surface area contributed by atoms with Crippen molar-refractivity contribution in [1.82, 2.24) is 4.57 Å². The summed E-state index contributed by atoms with van der Waals surface area (Å²) >= 11 is 3.57. The number of nitrogens with zero attached hydrogens (tertiary/aromatic N) is 1. The molecule has 3 heterocycles. The van der Waals surface area contributed by atoms with Gasteiger partial charge in [0.1, 0.15) is 0 Å². The van der Waals surface area contributed by atoms with E-state index in [0.29, 0.717) is 0 Å². The standard InChI is InChI=1S/C19H15NS2/c1-14-6-2-3-7-15(14)20-16(18-8-4-12-21-18)10-11-17(20)19-9-5-13-22-19/h2-13H,1H3. The molecule has 0 bridgehead atoms. The van der Waals surface area contributed by atoms with Crippen LogP contribution in [0.15, 0.2) is 71.4 Å². The Morgan fingerprint density at radius 1 is 0.682 bits per heavy atom. The number of benzene rings is 1. The summed E-state index contributed by atoms with van der Waals surface area (Å²) < 4.78 is 2.38. The van der Waals surface area contributed by atoms with Gasteiger partial charge in [0.25, 0.3) is 0 Å². The van der Waals surface area contributed by atoms with E-state index in [1.54, 1.807) is 22.7 Å². The van der Waals surface area contributed by atoms with E-state index >= 15 is 0 Å². The third-order valence-corrected chi connectivity index (χ3v) is 5.57. The second-order valence-electron chi connectivity index (χ2n) is 5.18. The monoisotopic (exact) mass is 321 g/mol. The lowest BCUT2D eigenvalue weighted by atomic mass is 10.2. The van der Waals surface area contributed by atoms with Crippen LogP contribution in [0, 0.1) is 6.92 Å². The Kier molecular flexibility index (Phi) is 3.45. The van der Waals surface area contributed by atoms with Crippen molar-refractivity contribution in [2.24, 2.45) is 0 Å². The first kappa shape index (κ1) is 13.6. The second-order valence-corrected chi connectivity index (χ2v) is 7.08. The van der Waals surface area contributed by atoms with Crippen LogP contribution in [-0.4, -0.2) is 4.57 Å². The minimum atomic E-state index is 1.25. The minimum absolute atomic E-state index is 1.25. The molecule has 108 valence electrons. The van der Waals surface area contributed by atoms with E-state index in [1.807, 2.05) is 0 Å². The quantitative estimate of drug-likeness (QED) is 0.421. The molecular weight excluding hydrogens is 306 g/mol. The molecule has 4 rings (SSSR count). The van der Waals surface area contributed by atoms with Crippen molar-refractivity contribution >= 4 is 22.7 Å². The first-order valence-corrected chi connectivity index (χ1v) is 8.96.